The molecule has 0 radical (unpaired) electrons. The highest BCUT2D eigenvalue weighted by Gasteiger charge is 2.56. The third kappa shape index (κ3) is 2.99. The van der Waals surface area contributed by atoms with Crippen LogP contribution >= 0.6 is 0 Å². The van der Waals surface area contributed by atoms with Crippen molar-refractivity contribution in [3.63, 3.8) is 0 Å². The third-order valence-corrected chi connectivity index (χ3v) is 7.22. The van der Waals surface area contributed by atoms with Gasteiger partial charge in [0.05, 0.1) is 18.9 Å². The molecule has 36 heavy (non-hydrogen) atoms. The van der Waals surface area contributed by atoms with Crippen LogP contribution in [-0.4, -0.2) is 7.19 Å². The molecule has 5 heteroatoms. The van der Waals surface area contributed by atoms with Gasteiger partial charge in [-0.2, -0.15) is 0 Å². The number of benzene rings is 4. The Balaban J connectivity index is 1.59. The molecule has 2 aliphatic heterocycles. The Kier molecular flexibility index (Phi) is 4.64. The van der Waals surface area contributed by atoms with Gasteiger partial charge < -0.3 is 4.65 Å². The van der Waals surface area contributed by atoms with E-state index in [2.05, 4.69) is 144 Å². The highest BCUT2D eigenvalue weighted by molar-refractivity contribution is 6.68. The molecule has 0 unspecified atom stereocenters. The minimum absolute atomic E-state index is 0.411. The van der Waals surface area contributed by atoms with Crippen LogP contribution < -0.4 is 18.8 Å². The number of hydrogen-bond donors (Lipinski definition) is 0. The van der Waals surface area contributed by atoms with Crippen LogP contribution in [-0.2, 0) is 7.05 Å². The molecule has 3 heterocycles. The highest BCUT2D eigenvalue weighted by Crippen LogP contribution is 2.52. The van der Waals surface area contributed by atoms with Crippen LogP contribution in [0.5, 0.6) is 5.75 Å². The van der Waals surface area contributed by atoms with Crippen LogP contribution in [0.25, 0.3) is 22.3 Å². The molecule has 0 bridgehead atoms. The average Bonchev–Trinajstić information content (AvgIpc) is 3.25. The van der Waals surface area contributed by atoms with Gasteiger partial charge in [0, 0.05) is 22.9 Å². The van der Waals surface area contributed by atoms with Gasteiger partial charge in [0.15, 0.2) is 0 Å². The Morgan fingerprint density at radius 3 is 2.06 bits per heavy atom. The number of aryl methyl sites for hydroxylation is 2. The summed E-state index contributed by atoms with van der Waals surface area (Å²) >= 11 is 0. The highest BCUT2D eigenvalue weighted by atomic mass is 16.5. The molecule has 0 aliphatic carbocycles. The largest absolute Gasteiger partial charge is 0.755 e. The normalized spacial score (nSPS) is 13.3. The zero-order chi connectivity index (χ0) is 24.2. The van der Waals surface area contributed by atoms with E-state index in [1.807, 2.05) is 0 Å². The number of fused-ring (bicyclic) bond motifs is 9. The summed E-state index contributed by atoms with van der Waals surface area (Å²) in [6, 6.07) is 38.5. The molecule has 7 rings (SSSR count). The van der Waals surface area contributed by atoms with Crippen molar-refractivity contribution in [2.45, 2.75) is 6.92 Å². The molecule has 4 aromatic carbocycles. The molecule has 0 saturated carbocycles. The van der Waals surface area contributed by atoms with E-state index in [0.717, 1.165) is 34.2 Å². The van der Waals surface area contributed by atoms with Crippen molar-refractivity contribution in [3.05, 3.63) is 121 Å². The summed E-state index contributed by atoms with van der Waals surface area (Å²) in [6.45, 7) is 2.18. The van der Waals surface area contributed by atoms with E-state index in [0.29, 0.717) is 0 Å². The fourth-order valence-corrected chi connectivity index (χ4v) is 5.61. The molecular weight excluding hydrogens is 441 g/mol. The van der Waals surface area contributed by atoms with Crippen molar-refractivity contribution in [1.29, 1.82) is 0 Å². The molecule has 0 spiro atoms. The Morgan fingerprint density at radius 1 is 0.611 bits per heavy atom. The molecule has 0 saturated heterocycles. The zero-order valence-corrected chi connectivity index (χ0v) is 20.3. The van der Waals surface area contributed by atoms with E-state index in [-0.39, 0.29) is 0 Å². The second-order valence-corrected chi connectivity index (χ2v) is 9.36. The lowest BCUT2D eigenvalue weighted by Crippen LogP contribution is -2.52. The first-order valence-electron chi connectivity index (χ1n) is 12.3. The maximum absolute atomic E-state index is 7.05. The Bertz CT molecular complexity index is 1630. The topological polar surface area (TPSA) is 19.6 Å². The maximum atomic E-state index is 7.05. The average molecular weight is 466 g/mol. The number of nitrogens with zero attached hydrogens (tertiary/aromatic N) is 3. The molecular formula is C31H25BN3O+. The summed E-state index contributed by atoms with van der Waals surface area (Å²) in [6.07, 6.45) is 2.09. The number of hydrogen-bond acceptors (Lipinski definition) is 3. The van der Waals surface area contributed by atoms with Gasteiger partial charge in [-0.15, -0.1) is 0 Å². The summed E-state index contributed by atoms with van der Waals surface area (Å²) in [4.78, 5) is 4.68. The van der Waals surface area contributed by atoms with Gasteiger partial charge in [0.25, 0.3) is 5.82 Å². The fraction of sp³-hybridized carbons (Fsp3) is 0.0645. The van der Waals surface area contributed by atoms with E-state index in [9.17, 15) is 0 Å². The van der Waals surface area contributed by atoms with Gasteiger partial charge in [0.1, 0.15) is 11.4 Å². The monoisotopic (exact) mass is 466 g/mol. The van der Waals surface area contributed by atoms with Crippen molar-refractivity contribution >= 4 is 30.1 Å². The second-order valence-electron chi connectivity index (χ2n) is 9.36. The Hall–Kier alpha value is -4.51. The lowest BCUT2D eigenvalue weighted by molar-refractivity contribution is -0.658. The SMILES string of the molecule is Cc1cccc2c1N(c1cccc[n+]1C)B1Oc3ccccc3-c3ccccc3-c3ccccc3N12. The molecule has 5 aromatic rings. The van der Waals surface area contributed by atoms with Gasteiger partial charge >= 0.3 is 7.19 Å². The molecule has 0 N–H and O–H groups in total. The lowest BCUT2D eigenvalue weighted by Gasteiger charge is -2.25. The van der Waals surface area contributed by atoms with Crippen LogP contribution in [0.3, 0.4) is 0 Å². The van der Waals surface area contributed by atoms with Gasteiger partial charge in [-0.05, 0) is 47.9 Å². The van der Waals surface area contributed by atoms with E-state index in [1.165, 1.54) is 22.3 Å². The van der Waals surface area contributed by atoms with Crippen LogP contribution in [0.15, 0.2) is 115 Å². The van der Waals surface area contributed by atoms with Gasteiger partial charge in [-0.3, -0.25) is 4.81 Å². The number of para-hydroxylation sites is 3. The van der Waals surface area contributed by atoms with Crippen LogP contribution in [0, 0.1) is 6.92 Å². The second kappa shape index (κ2) is 8.03. The predicted octanol–water partition coefficient (Wildman–Crippen LogP) is 6.82. The van der Waals surface area contributed by atoms with E-state index < -0.39 is 7.19 Å². The van der Waals surface area contributed by atoms with E-state index in [4.69, 9.17) is 4.65 Å². The third-order valence-electron chi connectivity index (χ3n) is 7.22. The first kappa shape index (κ1) is 20.8. The molecule has 4 nitrogen and oxygen atoms in total. The minimum atomic E-state index is -0.411. The van der Waals surface area contributed by atoms with Crippen molar-refractivity contribution in [1.82, 2.24) is 0 Å². The van der Waals surface area contributed by atoms with E-state index >= 15 is 0 Å². The molecule has 1 aromatic heterocycles. The Morgan fingerprint density at radius 2 is 1.25 bits per heavy atom. The van der Waals surface area contributed by atoms with Gasteiger partial charge in [0.2, 0.25) is 0 Å². The standard InChI is InChI=1S/C31H25BN3O/c1-22-12-11-18-28-31(22)35(30-20-9-10-21-33(30)2)32-34(28)27-17-7-5-15-25(27)23-13-3-4-14-24(23)26-16-6-8-19-29(26)36-32/h3-21H,1-2H3/q+1. The van der Waals surface area contributed by atoms with Gasteiger partial charge in [-0.1, -0.05) is 78.9 Å². The predicted molar refractivity (Wildman–Crippen MR) is 147 cm³/mol. The van der Waals surface area contributed by atoms with Crippen molar-refractivity contribution in [3.8, 4) is 28.0 Å². The molecule has 2 aliphatic rings. The number of rotatable bonds is 1. The Labute approximate surface area is 211 Å². The smallest absolute Gasteiger partial charge is 0.502 e. The fourth-order valence-electron chi connectivity index (χ4n) is 5.61. The number of aromatic nitrogens is 1. The number of pyridine rings is 1. The number of anilines is 4. The molecule has 0 atom stereocenters. The van der Waals surface area contributed by atoms with Crippen LogP contribution in [0.1, 0.15) is 5.56 Å². The van der Waals surface area contributed by atoms with Crippen molar-refractivity contribution in [2.75, 3.05) is 9.62 Å². The van der Waals surface area contributed by atoms with Crippen LogP contribution in [0.4, 0.5) is 22.9 Å². The first-order chi connectivity index (χ1) is 17.7. The summed E-state index contributed by atoms with van der Waals surface area (Å²) in [7, 11) is 1.68. The van der Waals surface area contributed by atoms with Gasteiger partial charge in [-0.25, -0.2) is 9.38 Å². The van der Waals surface area contributed by atoms with Crippen molar-refractivity contribution in [2.24, 2.45) is 7.05 Å². The van der Waals surface area contributed by atoms with Crippen molar-refractivity contribution < 1.29 is 9.22 Å². The summed E-state index contributed by atoms with van der Waals surface area (Å²) in [5.41, 5.74) is 9.26. The summed E-state index contributed by atoms with van der Waals surface area (Å²) in [5, 5.41) is 0. The molecule has 0 fully saturated rings. The molecule has 172 valence electrons. The molecule has 0 amide bonds. The van der Waals surface area contributed by atoms with Crippen LogP contribution in [0.2, 0.25) is 0 Å². The van der Waals surface area contributed by atoms with E-state index in [1.54, 1.807) is 0 Å². The lowest BCUT2D eigenvalue weighted by atomic mass is 9.91. The maximum Gasteiger partial charge on any atom is 0.755 e. The first-order valence-corrected chi connectivity index (χ1v) is 12.3. The summed E-state index contributed by atoms with van der Waals surface area (Å²) < 4.78 is 9.21. The quantitative estimate of drug-likeness (QED) is 0.200. The minimum Gasteiger partial charge on any atom is -0.502 e. The zero-order valence-electron chi connectivity index (χ0n) is 20.3. The summed E-state index contributed by atoms with van der Waals surface area (Å²) in [5.74, 6) is 1.93.